The highest BCUT2D eigenvalue weighted by Gasteiger charge is 2.03. The van der Waals surface area contributed by atoms with Crippen LogP contribution in [0.15, 0.2) is 41.9 Å². The second kappa shape index (κ2) is 5.38. The van der Waals surface area contributed by atoms with E-state index in [9.17, 15) is 0 Å². The summed E-state index contributed by atoms with van der Waals surface area (Å²) in [5.74, 6) is 0.705. The molecule has 0 saturated heterocycles. The monoisotopic (exact) mass is 285 g/mol. The Balaban J connectivity index is 1.87. The van der Waals surface area contributed by atoms with E-state index in [1.165, 1.54) is 0 Å². The van der Waals surface area contributed by atoms with Gasteiger partial charge in [-0.1, -0.05) is 0 Å². The van der Waals surface area contributed by atoms with E-state index in [2.05, 4.69) is 16.4 Å². The quantitative estimate of drug-likeness (QED) is 0.711. The molecule has 0 atom stereocenters. The van der Waals surface area contributed by atoms with E-state index >= 15 is 0 Å². The molecule has 0 bridgehead atoms. The Morgan fingerprint density at radius 2 is 2.00 bits per heavy atom. The third-order valence-electron chi connectivity index (χ3n) is 2.93. The van der Waals surface area contributed by atoms with Gasteiger partial charge in [0.05, 0.1) is 28.0 Å². The Labute approximate surface area is 121 Å². The van der Waals surface area contributed by atoms with Gasteiger partial charge in [-0.25, -0.2) is 4.98 Å². The number of anilines is 3. The van der Waals surface area contributed by atoms with Crippen LogP contribution in [0.4, 0.5) is 17.1 Å². The molecule has 0 unspecified atom stereocenters. The lowest BCUT2D eigenvalue weighted by atomic mass is 10.2. The number of nitrogens with zero attached hydrogens (tertiary/aromatic N) is 1. The highest BCUT2D eigenvalue weighted by atomic mass is 32.1. The Hall–Kier alpha value is -2.27. The standard InChI is InChI=1S/C15H15N3OS/c1-2-19-14-7-10(3-5-12(14)16)18-11-4-6-13-15(8-11)20-9-17-13/h3-9,18H,2,16H2,1H3. The fraction of sp³-hybridized carbons (Fsp3) is 0.133. The molecule has 2 aromatic carbocycles. The number of nitrogens with one attached hydrogen (secondary N) is 1. The predicted octanol–water partition coefficient (Wildman–Crippen LogP) is 4.02. The van der Waals surface area contributed by atoms with Crippen LogP contribution >= 0.6 is 11.3 Å². The fourth-order valence-corrected chi connectivity index (χ4v) is 2.71. The number of nitrogen functional groups attached to an aromatic ring is 1. The molecule has 102 valence electrons. The Morgan fingerprint density at radius 1 is 1.20 bits per heavy atom. The maximum atomic E-state index is 5.87. The number of fused-ring (bicyclic) bond motifs is 1. The number of ether oxygens (including phenoxy) is 1. The van der Waals surface area contributed by atoms with Gasteiger partial charge in [0.15, 0.2) is 0 Å². The van der Waals surface area contributed by atoms with Crippen molar-refractivity contribution >= 4 is 38.6 Å². The summed E-state index contributed by atoms with van der Waals surface area (Å²) in [6.07, 6.45) is 0. The van der Waals surface area contributed by atoms with Crippen LogP contribution in [0.3, 0.4) is 0 Å². The molecule has 0 radical (unpaired) electrons. The maximum Gasteiger partial charge on any atom is 0.144 e. The number of nitrogens with two attached hydrogens (primary N) is 1. The lowest BCUT2D eigenvalue weighted by Crippen LogP contribution is -1.98. The lowest BCUT2D eigenvalue weighted by molar-refractivity contribution is 0.342. The van der Waals surface area contributed by atoms with Crippen molar-refractivity contribution in [3.63, 3.8) is 0 Å². The summed E-state index contributed by atoms with van der Waals surface area (Å²) in [6, 6.07) is 11.8. The van der Waals surface area contributed by atoms with Crippen LogP contribution in [0.2, 0.25) is 0 Å². The number of rotatable bonds is 4. The molecule has 0 fully saturated rings. The smallest absolute Gasteiger partial charge is 0.144 e. The van der Waals surface area contributed by atoms with Gasteiger partial charge in [-0.2, -0.15) is 0 Å². The molecule has 3 rings (SSSR count). The molecular weight excluding hydrogens is 270 g/mol. The average Bonchev–Trinajstić information content (AvgIpc) is 2.90. The third kappa shape index (κ3) is 2.53. The summed E-state index contributed by atoms with van der Waals surface area (Å²) >= 11 is 1.63. The van der Waals surface area contributed by atoms with E-state index in [0.29, 0.717) is 18.0 Å². The van der Waals surface area contributed by atoms with Gasteiger partial charge in [-0.15, -0.1) is 11.3 Å². The molecule has 3 N–H and O–H groups in total. The summed E-state index contributed by atoms with van der Waals surface area (Å²) in [5, 5.41) is 3.36. The van der Waals surface area contributed by atoms with E-state index < -0.39 is 0 Å². The van der Waals surface area contributed by atoms with Gasteiger partial charge in [-0.05, 0) is 37.3 Å². The maximum absolute atomic E-state index is 5.87. The number of hydrogen-bond acceptors (Lipinski definition) is 5. The SMILES string of the molecule is CCOc1cc(Nc2ccc3ncsc3c2)ccc1N. The van der Waals surface area contributed by atoms with Crippen molar-refractivity contribution in [2.24, 2.45) is 0 Å². The third-order valence-corrected chi connectivity index (χ3v) is 3.73. The highest BCUT2D eigenvalue weighted by molar-refractivity contribution is 7.16. The Kier molecular flexibility index (Phi) is 3.43. The number of aromatic nitrogens is 1. The molecule has 5 heteroatoms. The minimum Gasteiger partial charge on any atom is -0.492 e. The first kappa shape index (κ1) is 12.7. The summed E-state index contributed by atoms with van der Waals surface area (Å²) < 4.78 is 6.66. The number of benzene rings is 2. The minimum atomic E-state index is 0.598. The largest absolute Gasteiger partial charge is 0.492 e. The first-order valence-electron chi connectivity index (χ1n) is 6.39. The molecule has 3 aromatic rings. The summed E-state index contributed by atoms with van der Waals surface area (Å²) in [4.78, 5) is 4.27. The van der Waals surface area contributed by atoms with Crippen molar-refractivity contribution in [1.29, 1.82) is 0 Å². The van der Waals surface area contributed by atoms with Gasteiger partial charge >= 0.3 is 0 Å². The molecule has 4 nitrogen and oxygen atoms in total. The zero-order valence-corrected chi connectivity index (χ0v) is 11.9. The van der Waals surface area contributed by atoms with Gasteiger partial charge in [0.25, 0.3) is 0 Å². The van der Waals surface area contributed by atoms with Crippen LogP contribution in [0.1, 0.15) is 6.92 Å². The molecule has 20 heavy (non-hydrogen) atoms. The average molecular weight is 285 g/mol. The van der Waals surface area contributed by atoms with E-state index in [1.807, 2.05) is 42.8 Å². The normalized spacial score (nSPS) is 10.7. The van der Waals surface area contributed by atoms with Gasteiger partial charge < -0.3 is 15.8 Å². The lowest BCUT2D eigenvalue weighted by Gasteiger charge is -2.11. The molecule has 1 heterocycles. The fourth-order valence-electron chi connectivity index (χ4n) is 1.99. The van der Waals surface area contributed by atoms with Crippen LogP contribution in [0.25, 0.3) is 10.2 Å². The predicted molar refractivity (Wildman–Crippen MR) is 84.9 cm³/mol. The van der Waals surface area contributed by atoms with Crippen LogP contribution in [-0.4, -0.2) is 11.6 Å². The van der Waals surface area contributed by atoms with Crippen LogP contribution in [-0.2, 0) is 0 Å². The zero-order valence-electron chi connectivity index (χ0n) is 11.1. The molecule has 0 amide bonds. The second-order valence-corrected chi connectivity index (χ2v) is 5.23. The topological polar surface area (TPSA) is 60.2 Å². The molecule has 0 aliphatic carbocycles. The molecule has 0 aliphatic rings. The van der Waals surface area contributed by atoms with Gasteiger partial charge in [0, 0.05) is 17.4 Å². The van der Waals surface area contributed by atoms with Gasteiger partial charge in [0.2, 0.25) is 0 Å². The van der Waals surface area contributed by atoms with E-state index in [-0.39, 0.29) is 0 Å². The van der Waals surface area contributed by atoms with Crippen molar-refractivity contribution < 1.29 is 4.74 Å². The van der Waals surface area contributed by atoms with Crippen LogP contribution < -0.4 is 15.8 Å². The number of thiazole rings is 1. The van der Waals surface area contributed by atoms with Crippen molar-refractivity contribution in [3.05, 3.63) is 41.9 Å². The highest BCUT2D eigenvalue weighted by Crippen LogP contribution is 2.29. The van der Waals surface area contributed by atoms with Crippen LogP contribution in [0, 0.1) is 0 Å². The Bertz CT molecular complexity index is 739. The molecular formula is C15H15N3OS. The van der Waals surface area contributed by atoms with Gasteiger partial charge in [-0.3, -0.25) is 0 Å². The molecule has 0 aliphatic heterocycles. The van der Waals surface area contributed by atoms with Crippen molar-refractivity contribution in [1.82, 2.24) is 4.98 Å². The first-order chi connectivity index (χ1) is 9.76. The van der Waals surface area contributed by atoms with Crippen molar-refractivity contribution in [3.8, 4) is 5.75 Å². The molecule has 0 saturated carbocycles. The zero-order chi connectivity index (χ0) is 13.9. The Morgan fingerprint density at radius 3 is 2.85 bits per heavy atom. The van der Waals surface area contributed by atoms with Crippen LogP contribution in [0.5, 0.6) is 5.75 Å². The van der Waals surface area contributed by atoms with Crippen molar-refractivity contribution in [2.75, 3.05) is 17.7 Å². The summed E-state index contributed by atoms with van der Waals surface area (Å²) in [6.45, 7) is 2.54. The van der Waals surface area contributed by atoms with E-state index in [4.69, 9.17) is 10.5 Å². The molecule has 1 aromatic heterocycles. The van der Waals surface area contributed by atoms with Crippen molar-refractivity contribution in [2.45, 2.75) is 6.92 Å². The minimum absolute atomic E-state index is 0.598. The first-order valence-corrected chi connectivity index (χ1v) is 7.27. The summed E-state index contributed by atoms with van der Waals surface area (Å²) in [5.41, 5.74) is 11.4. The molecule has 0 spiro atoms. The summed E-state index contributed by atoms with van der Waals surface area (Å²) in [7, 11) is 0. The van der Waals surface area contributed by atoms with Gasteiger partial charge in [0.1, 0.15) is 5.75 Å². The number of hydrogen-bond donors (Lipinski definition) is 2. The van der Waals surface area contributed by atoms with E-state index in [1.54, 1.807) is 11.3 Å². The second-order valence-electron chi connectivity index (χ2n) is 4.35. The van der Waals surface area contributed by atoms with E-state index in [0.717, 1.165) is 21.6 Å².